The summed E-state index contributed by atoms with van der Waals surface area (Å²) in [7, 11) is 3.38. The molecule has 1 aliphatic heterocycles. The van der Waals surface area contributed by atoms with Gasteiger partial charge in [-0.3, -0.25) is 19.0 Å². The molecule has 9 heteroatoms. The monoisotopic (exact) mass is 422 g/mol. The zero-order valence-corrected chi connectivity index (χ0v) is 18.0. The van der Waals surface area contributed by atoms with Crippen LogP contribution in [-0.4, -0.2) is 56.5 Å². The third kappa shape index (κ3) is 4.03. The summed E-state index contributed by atoms with van der Waals surface area (Å²) in [4.78, 5) is 27.5. The van der Waals surface area contributed by atoms with Crippen molar-refractivity contribution >= 4 is 11.8 Å². The Kier molecular flexibility index (Phi) is 5.75. The lowest BCUT2D eigenvalue weighted by atomic mass is 10.0. The summed E-state index contributed by atoms with van der Waals surface area (Å²) in [6.45, 7) is 3.79. The average molecular weight is 422 g/mol. The average Bonchev–Trinajstić information content (AvgIpc) is 3.37. The van der Waals surface area contributed by atoms with E-state index in [0.717, 1.165) is 22.6 Å². The third-order valence-corrected chi connectivity index (χ3v) is 5.48. The van der Waals surface area contributed by atoms with Gasteiger partial charge in [0.2, 0.25) is 0 Å². The molecule has 162 valence electrons. The Bertz CT molecular complexity index is 1120. The second-order valence-corrected chi connectivity index (χ2v) is 7.46. The highest BCUT2D eigenvalue weighted by atomic mass is 16.5. The molecular weight excluding hydrogens is 396 g/mol. The molecule has 0 aliphatic carbocycles. The van der Waals surface area contributed by atoms with Gasteiger partial charge in [0.25, 0.3) is 11.8 Å². The number of hydrogen-bond donors (Lipinski definition) is 1. The number of carbonyl (C=O) groups is 2. The number of methoxy groups -OCH3 is 1. The molecule has 1 aliphatic rings. The molecule has 1 N–H and O–H groups in total. The van der Waals surface area contributed by atoms with Crippen LogP contribution in [-0.2, 0) is 26.6 Å². The van der Waals surface area contributed by atoms with Gasteiger partial charge in [-0.15, -0.1) is 0 Å². The number of ether oxygens (including phenoxy) is 1. The number of fused-ring (bicyclic) bond motifs is 1. The zero-order chi connectivity index (χ0) is 22.0. The minimum absolute atomic E-state index is 0.104. The number of carbonyl (C=O) groups excluding carboxylic acids is 2. The van der Waals surface area contributed by atoms with Gasteiger partial charge in [0, 0.05) is 44.0 Å². The standard InChI is InChI=1S/C22H26N6O3/c1-4-23-21(29)20-17-14-27(22(30)19-8-10-24-26(19)2)11-9-18(17)28(25-20)13-15-6-5-7-16(12-15)31-3/h5-8,10,12H,4,9,11,13-14H2,1-3H3,(H,23,29). The van der Waals surface area contributed by atoms with Gasteiger partial charge < -0.3 is 15.0 Å². The number of rotatable bonds is 6. The minimum Gasteiger partial charge on any atom is -0.497 e. The molecule has 0 saturated carbocycles. The molecular formula is C22H26N6O3. The van der Waals surface area contributed by atoms with E-state index in [4.69, 9.17) is 4.74 Å². The van der Waals surface area contributed by atoms with E-state index in [-0.39, 0.29) is 11.8 Å². The van der Waals surface area contributed by atoms with Gasteiger partial charge in [-0.25, -0.2) is 0 Å². The van der Waals surface area contributed by atoms with Crippen molar-refractivity contribution in [2.24, 2.45) is 7.05 Å². The van der Waals surface area contributed by atoms with E-state index < -0.39 is 0 Å². The van der Waals surface area contributed by atoms with E-state index in [1.165, 1.54) is 0 Å². The minimum atomic E-state index is -0.224. The topological polar surface area (TPSA) is 94.3 Å². The quantitative estimate of drug-likeness (QED) is 0.652. The second kappa shape index (κ2) is 8.63. The fourth-order valence-corrected chi connectivity index (χ4v) is 3.91. The lowest BCUT2D eigenvalue weighted by Gasteiger charge is -2.28. The van der Waals surface area contributed by atoms with Crippen LogP contribution in [0, 0.1) is 0 Å². The molecule has 0 fully saturated rings. The van der Waals surface area contributed by atoms with Gasteiger partial charge in [0.05, 0.1) is 20.2 Å². The Hall–Kier alpha value is -3.62. The fourth-order valence-electron chi connectivity index (χ4n) is 3.91. The van der Waals surface area contributed by atoms with Crippen LogP contribution in [0.1, 0.15) is 44.7 Å². The smallest absolute Gasteiger partial charge is 0.272 e. The number of amides is 2. The number of hydrogen-bond acceptors (Lipinski definition) is 5. The normalized spacial score (nSPS) is 13.1. The van der Waals surface area contributed by atoms with Crippen molar-refractivity contribution in [3.63, 3.8) is 0 Å². The third-order valence-electron chi connectivity index (χ3n) is 5.48. The molecule has 2 aromatic heterocycles. The Morgan fingerprint density at radius 1 is 1.26 bits per heavy atom. The summed E-state index contributed by atoms with van der Waals surface area (Å²) in [6, 6.07) is 9.49. The van der Waals surface area contributed by atoms with Crippen molar-refractivity contribution in [2.75, 3.05) is 20.2 Å². The van der Waals surface area contributed by atoms with Crippen LogP contribution < -0.4 is 10.1 Å². The molecule has 0 radical (unpaired) electrons. The number of aromatic nitrogens is 4. The van der Waals surface area contributed by atoms with Crippen LogP contribution in [0.4, 0.5) is 0 Å². The van der Waals surface area contributed by atoms with E-state index in [2.05, 4.69) is 15.5 Å². The molecule has 2 amide bonds. The Labute approximate surface area is 180 Å². The highest BCUT2D eigenvalue weighted by Gasteiger charge is 2.31. The summed E-state index contributed by atoms with van der Waals surface area (Å²) < 4.78 is 8.76. The number of aryl methyl sites for hydroxylation is 1. The van der Waals surface area contributed by atoms with Gasteiger partial charge in [0.1, 0.15) is 11.4 Å². The lowest BCUT2D eigenvalue weighted by molar-refractivity contribution is 0.0719. The van der Waals surface area contributed by atoms with E-state index in [0.29, 0.717) is 44.0 Å². The SMILES string of the molecule is CCNC(=O)c1nn(Cc2cccc(OC)c2)c2c1CN(C(=O)c1ccnn1C)CC2. The Morgan fingerprint density at radius 3 is 2.81 bits per heavy atom. The van der Waals surface area contributed by atoms with Gasteiger partial charge in [0.15, 0.2) is 5.69 Å². The molecule has 0 atom stereocenters. The first-order chi connectivity index (χ1) is 15.0. The van der Waals surface area contributed by atoms with Crippen molar-refractivity contribution in [3.8, 4) is 5.75 Å². The van der Waals surface area contributed by atoms with E-state index in [9.17, 15) is 9.59 Å². The maximum absolute atomic E-state index is 13.0. The number of nitrogens with zero attached hydrogens (tertiary/aromatic N) is 5. The van der Waals surface area contributed by atoms with E-state index >= 15 is 0 Å². The first-order valence-electron chi connectivity index (χ1n) is 10.3. The van der Waals surface area contributed by atoms with E-state index in [1.54, 1.807) is 36.0 Å². The lowest BCUT2D eigenvalue weighted by Crippen LogP contribution is -2.38. The molecule has 3 heterocycles. The maximum Gasteiger partial charge on any atom is 0.272 e. The predicted molar refractivity (Wildman–Crippen MR) is 114 cm³/mol. The van der Waals surface area contributed by atoms with Crippen molar-refractivity contribution < 1.29 is 14.3 Å². The van der Waals surface area contributed by atoms with Crippen LogP contribution >= 0.6 is 0 Å². The van der Waals surface area contributed by atoms with Gasteiger partial charge in [-0.05, 0) is 30.7 Å². The molecule has 4 rings (SSSR count). The van der Waals surface area contributed by atoms with Crippen molar-refractivity contribution in [1.29, 1.82) is 0 Å². The Morgan fingerprint density at radius 2 is 2.10 bits per heavy atom. The van der Waals surface area contributed by atoms with E-state index in [1.807, 2.05) is 35.9 Å². The summed E-state index contributed by atoms with van der Waals surface area (Å²) in [6.07, 6.45) is 2.23. The largest absolute Gasteiger partial charge is 0.497 e. The highest BCUT2D eigenvalue weighted by molar-refractivity contribution is 5.95. The summed E-state index contributed by atoms with van der Waals surface area (Å²) >= 11 is 0. The highest BCUT2D eigenvalue weighted by Crippen LogP contribution is 2.25. The van der Waals surface area contributed by atoms with Crippen molar-refractivity contribution in [3.05, 3.63) is 64.7 Å². The van der Waals surface area contributed by atoms with Crippen LogP contribution in [0.2, 0.25) is 0 Å². The van der Waals surface area contributed by atoms with Gasteiger partial charge in [-0.1, -0.05) is 12.1 Å². The number of nitrogens with one attached hydrogen (secondary N) is 1. The molecule has 3 aromatic rings. The summed E-state index contributed by atoms with van der Waals surface area (Å²) in [5, 5.41) is 11.6. The van der Waals surface area contributed by atoms with Crippen LogP contribution in [0.5, 0.6) is 5.75 Å². The fraction of sp³-hybridized carbons (Fsp3) is 0.364. The molecule has 31 heavy (non-hydrogen) atoms. The maximum atomic E-state index is 13.0. The Balaban J connectivity index is 1.66. The predicted octanol–water partition coefficient (Wildman–Crippen LogP) is 1.62. The first-order valence-corrected chi connectivity index (χ1v) is 10.3. The molecule has 0 saturated heterocycles. The van der Waals surface area contributed by atoms with Crippen LogP contribution in [0.15, 0.2) is 36.5 Å². The molecule has 0 spiro atoms. The molecule has 1 aromatic carbocycles. The van der Waals surface area contributed by atoms with Crippen LogP contribution in [0.3, 0.4) is 0 Å². The number of benzene rings is 1. The van der Waals surface area contributed by atoms with Crippen molar-refractivity contribution in [1.82, 2.24) is 29.8 Å². The molecule has 0 unspecified atom stereocenters. The van der Waals surface area contributed by atoms with Gasteiger partial charge >= 0.3 is 0 Å². The van der Waals surface area contributed by atoms with Gasteiger partial charge in [-0.2, -0.15) is 10.2 Å². The van der Waals surface area contributed by atoms with Crippen molar-refractivity contribution in [2.45, 2.75) is 26.4 Å². The molecule has 9 nitrogen and oxygen atoms in total. The second-order valence-electron chi connectivity index (χ2n) is 7.46. The summed E-state index contributed by atoms with van der Waals surface area (Å²) in [5.74, 6) is 0.446. The first kappa shape index (κ1) is 20.6. The zero-order valence-electron chi connectivity index (χ0n) is 18.0. The summed E-state index contributed by atoms with van der Waals surface area (Å²) in [5.41, 5.74) is 3.71. The molecule has 0 bridgehead atoms. The van der Waals surface area contributed by atoms with Crippen LogP contribution in [0.25, 0.3) is 0 Å².